The Morgan fingerprint density at radius 3 is 2.58 bits per heavy atom. The van der Waals surface area contributed by atoms with Gasteiger partial charge in [-0.3, -0.25) is 0 Å². The van der Waals surface area contributed by atoms with Crippen LogP contribution >= 0.6 is 11.8 Å². The van der Waals surface area contributed by atoms with E-state index < -0.39 is 6.43 Å². The summed E-state index contributed by atoms with van der Waals surface area (Å²) in [6.45, 7) is 1.67. The van der Waals surface area contributed by atoms with Gasteiger partial charge in [0.1, 0.15) is 5.69 Å². The standard InChI is InChI=1S/C7H8F2N2S/c1-4-3-5(6(8)9)11-7(10-4)12-2/h3,6H,1-2H3. The van der Waals surface area contributed by atoms with Crippen LogP contribution in [0.3, 0.4) is 0 Å². The molecule has 0 unspecified atom stereocenters. The molecule has 1 aromatic rings. The smallest absolute Gasteiger partial charge is 0.228 e. The van der Waals surface area contributed by atoms with Crippen molar-refractivity contribution in [1.82, 2.24) is 9.97 Å². The van der Waals surface area contributed by atoms with Crippen LogP contribution in [0, 0.1) is 6.92 Å². The van der Waals surface area contributed by atoms with Gasteiger partial charge in [-0.25, -0.2) is 18.7 Å². The largest absolute Gasteiger partial charge is 0.280 e. The minimum atomic E-state index is -2.52. The molecule has 0 aromatic carbocycles. The summed E-state index contributed by atoms with van der Waals surface area (Å²) in [5.41, 5.74) is 0.372. The number of hydrogen-bond acceptors (Lipinski definition) is 3. The summed E-state index contributed by atoms with van der Waals surface area (Å²) in [6.07, 6.45) is -0.762. The lowest BCUT2D eigenvalue weighted by Crippen LogP contribution is -1.96. The molecule has 0 amide bonds. The van der Waals surface area contributed by atoms with Crippen molar-refractivity contribution < 1.29 is 8.78 Å². The van der Waals surface area contributed by atoms with E-state index in [2.05, 4.69) is 9.97 Å². The SMILES string of the molecule is CSc1nc(C)cc(C(F)F)n1. The number of thioether (sulfide) groups is 1. The summed E-state index contributed by atoms with van der Waals surface area (Å²) >= 11 is 1.26. The molecular weight excluding hydrogens is 182 g/mol. The Balaban J connectivity index is 3.06. The minimum absolute atomic E-state index is 0.202. The fourth-order valence-corrected chi connectivity index (χ4v) is 1.20. The van der Waals surface area contributed by atoms with Crippen molar-refractivity contribution in [2.75, 3.05) is 6.26 Å². The van der Waals surface area contributed by atoms with Crippen molar-refractivity contribution in [3.63, 3.8) is 0 Å². The predicted molar refractivity (Wildman–Crippen MR) is 43.5 cm³/mol. The number of aryl methyl sites for hydroxylation is 1. The molecule has 2 nitrogen and oxygen atoms in total. The summed E-state index contributed by atoms with van der Waals surface area (Å²) in [4.78, 5) is 7.61. The number of aromatic nitrogens is 2. The van der Waals surface area contributed by atoms with Gasteiger partial charge in [0.2, 0.25) is 0 Å². The van der Waals surface area contributed by atoms with Gasteiger partial charge in [0.25, 0.3) is 6.43 Å². The highest BCUT2D eigenvalue weighted by molar-refractivity contribution is 7.98. The highest BCUT2D eigenvalue weighted by Gasteiger charge is 2.10. The van der Waals surface area contributed by atoms with Crippen LogP contribution in [0.5, 0.6) is 0 Å². The number of rotatable bonds is 2. The first-order chi connectivity index (χ1) is 5.63. The molecule has 0 bridgehead atoms. The third-order valence-corrected chi connectivity index (χ3v) is 1.81. The summed E-state index contributed by atoms with van der Waals surface area (Å²) in [5.74, 6) is 0. The maximum absolute atomic E-state index is 12.2. The van der Waals surface area contributed by atoms with Crippen molar-refractivity contribution in [1.29, 1.82) is 0 Å². The lowest BCUT2D eigenvalue weighted by Gasteiger charge is -2.01. The van der Waals surface area contributed by atoms with Gasteiger partial charge < -0.3 is 0 Å². The maximum atomic E-state index is 12.2. The third kappa shape index (κ3) is 2.14. The molecule has 0 fully saturated rings. The second-order valence-electron chi connectivity index (χ2n) is 2.22. The van der Waals surface area contributed by atoms with E-state index in [9.17, 15) is 8.78 Å². The molecule has 0 radical (unpaired) electrons. The molecule has 0 aliphatic rings. The van der Waals surface area contributed by atoms with Gasteiger partial charge in [0, 0.05) is 5.69 Å². The highest BCUT2D eigenvalue weighted by Crippen LogP contribution is 2.19. The average Bonchev–Trinajstić information content (AvgIpc) is 2.03. The van der Waals surface area contributed by atoms with E-state index in [1.54, 1.807) is 13.2 Å². The highest BCUT2D eigenvalue weighted by atomic mass is 32.2. The molecule has 0 saturated heterocycles. The van der Waals surface area contributed by atoms with Crippen LogP contribution in [0.15, 0.2) is 11.2 Å². The zero-order valence-electron chi connectivity index (χ0n) is 6.71. The minimum Gasteiger partial charge on any atom is -0.228 e. The lowest BCUT2D eigenvalue weighted by atomic mass is 10.3. The molecule has 1 heterocycles. The number of hydrogen-bond donors (Lipinski definition) is 0. The fraction of sp³-hybridized carbons (Fsp3) is 0.429. The fourth-order valence-electron chi connectivity index (χ4n) is 0.768. The van der Waals surface area contributed by atoms with E-state index in [0.717, 1.165) is 0 Å². The van der Waals surface area contributed by atoms with Crippen molar-refractivity contribution in [3.05, 3.63) is 17.5 Å². The Labute approximate surface area is 73.4 Å². The lowest BCUT2D eigenvalue weighted by molar-refractivity contribution is 0.145. The van der Waals surface area contributed by atoms with E-state index in [1.807, 2.05) is 0 Å². The molecule has 5 heteroatoms. The predicted octanol–water partition coefficient (Wildman–Crippen LogP) is 2.44. The molecule has 0 spiro atoms. The normalized spacial score (nSPS) is 10.8. The first-order valence-corrected chi connectivity index (χ1v) is 4.53. The van der Waals surface area contributed by atoms with Crippen LogP contribution < -0.4 is 0 Å². The Bertz CT molecular complexity index is 278. The van der Waals surface area contributed by atoms with E-state index in [-0.39, 0.29) is 5.69 Å². The number of nitrogens with zero attached hydrogens (tertiary/aromatic N) is 2. The third-order valence-electron chi connectivity index (χ3n) is 1.26. The van der Waals surface area contributed by atoms with Crippen LogP contribution in [0.1, 0.15) is 17.8 Å². The molecule has 0 aliphatic carbocycles. The van der Waals surface area contributed by atoms with Gasteiger partial charge in [-0.1, -0.05) is 11.8 Å². The molecule has 0 atom stereocenters. The molecular formula is C7H8F2N2S. The monoisotopic (exact) mass is 190 g/mol. The first-order valence-electron chi connectivity index (χ1n) is 3.31. The molecule has 0 saturated carbocycles. The quantitative estimate of drug-likeness (QED) is 0.529. The van der Waals surface area contributed by atoms with E-state index in [4.69, 9.17) is 0 Å². The van der Waals surface area contributed by atoms with Crippen LogP contribution in [0.2, 0.25) is 0 Å². The Morgan fingerprint density at radius 1 is 1.42 bits per heavy atom. The zero-order valence-corrected chi connectivity index (χ0v) is 7.53. The summed E-state index contributed by atoms with van der Waals surface area (Å²) in [5, 5.41) is 0.394. The van der Waals surface area contributed by atoms with Crippen LogP contribution in [0.4, 0.5) is 8.78 Å². The van der Waals surface area contributed by atoms with Crippen molar-refractivity contribution >= 4 is 11.8 Å². The topological polar surface area (TPSA) is 25.8 Å². The molecule has 1 rings (SSSR count). The van der Waals surface area contributed by atoms with Crippen molar-refractivity contribution in [2.45, 2.75) is 18.5 Å². The average molecular weight is 190 g/mol. The summed E-state index contributed by atoms with van der Waals surface area (Å²) < 4.78 is 24.3. The number of halogens is 2. The maximum Gasteiger partial charge on any atom is 0.280 e. The van der Waals surface area contributed by atoms with Crippen molar-refractivity contribution in [3.8, 4) is 0 Å². The zero-order chi connectivity index (χ0) is 9.14. The second kappa shape index (κ2) is 3.80. The van der Waals surface area contributed by atoms with Crippen LogP contribution in [-0.4, -0.2) is 16.2 Å². The van der Waals surface area contributed by atoms with Gasteiger partial charge in [-0.15, -0.1) is 0 Å². The van der Waals surface area contributed by atoms with Crippen LogP contribution in [0.25, 0.3) is 0 Å². The summed E-state index contributed by atoms with van der Waals surface area (Å²) in [7, 11) is 0. The van der Waals surface area contributed by atoms with E-state index in [1.165, 1.54) is 17.8 Å². The van der Waals surface area contributed by atoms with E-state index in [0.29, 0.717) is 10.9 Å². The van der Waals surface area contributed by atoms with Crippen molar-refractivity contribution in [2.24, 2.45) is 0 Å². The van der Waals surface area contributed by atoms with Gasteiger partial charge in [-0.2, -0.15) is 0 Å². The van der Waals surface area contributed by atoms with Gasteiger partial charge in [-0.05, 0) is 19.2 Å². The Kier molecular flexibility index (Phi) is 2.97. The number of alkyl halides is 2. The molecule has 12 heavy (non-hydrogen) atoms. The molecule has 0 N–H and O–H groups in total. The van der Waals surface area contributed by atoms with Gasteiger partial charge >= 0.3 is 0 Å². The van der Waals surface area contributed by atoms with E-state index >= 15 is 0 Å². The molecule has 0 aliphatic heterocycles. The molecule has 1 aromatic heterocycles. The first kappa shape index (κ1) is 9.38. The van der Waals surface area contributed by atoms with Gasteiger partial charge in [0.15, 0.2) is 5.16 Å². The summed E-state index contributed by atoms with van der Waals surface area (Å²) in [6, 6.07) is 1.30. The van der Waals surface area contributed by atoms with Crippen LogP contribution in [-0.2, 0) is 0 Å². The Hall–Kier alpha value is -0.710. The Morgan fingerprint density at radius 2 is 2.08 bits per heavy atom. The van der Waals surface area contributed by atoms with Gasteiger partial charge in [0.05, 0.1) is 0 Å². The second-order valence-corrected chi connectivity index (χ2v) is 2.99. The molecule has 66 valence electrons.